The van der Waals surface area contributed by atoms with E-state index >= 15 is 0 Å². The van der Waals surface area contributed by atoms with Crippen molar-refractivity contribution >= 4 is 5.91 Å². The van der Waals surface area contributed by atoms with E-state index < -0.39 is 0 Å². The first-order valence-electron chi connectivity index (χ1n) is 8.91. The number of amides is 1. The van der Waals surface area contributed by atoms with Crippen LogP contribution >= 0.6 is 0 Å². The fourth-order valence-corrected chi connectivity index (χ4v) is 3.82. The Morgan fingerprint density at radius 3 is 2.79 bits per heavy atom. The Morgan fingerprint density at radius 2 is 2.12 bits per heavy atom. The van der Waals surface area contributed by atoms with Crippen molar-refractivity contribution in [2.75, 3.05) is 6.54 Å². The summed E-state index contributed by atoms with van der Waals surface area (Å²) in [6, 6.07) is 1.95. The highest BCUT2D eigenvalue weighted by atomic mass is 16.5. The van der Waals surface area contributed by atoms with Crippen LogP contribution in [-0.2, 0) is 6.54 Å². The van der Waals surface area contributed by atoms with E-state index in [0.29, 0.717) is 11.7 Å². The molecule has 1 atom stereocenters. The number of nitrogens with zero attached hydrogens (tertiary/aromatic N) is 4. The van der Waals surface area contributed by atoms with Gasteiger partial charge in [0.15, 0.2) is 5.82 Å². The summed E-state index contributed by atoms with van der Waals surface area (Å²) in [5, 5.41) is 4.16. The maximum atomic E-state index is 13.1. The molecule has 1 saturated carbocycles. The van der Waals surface area contributed by atoms with Crippen LogP contribution in [0.15, 0.2) is 10.6 Å². The zero-order valence-corrected chi connectivity index (χ0v) is 14.6. The van der Waals surface area contributed by atoms with Gasteiger partial charge in [-0.05, 0) is 52.5 Å². The Kier molecular flexibility index (Phi) is 3.70. The molecule has 128 valence electrons. The number of likely N-dealkylation sites (tertiary alicyclic amines) is 1. The van der Waals surface area contributed by atoms with Crippen LogP contribution < -0.4 is 0 Å². The fourth-order valence-electron chi connectivity index (χ4n) is 3.82. The summed E-state index contributed by atoms with van der Waals surface area (Å²) in [6.07, 6.45) is 4.16. The Labute approximate surface area is 141 Å². The SMILES string of the molecule is CCn1c(C)cc(C(=O)N2CCC[C@H]2c2noc(C3CC3)n2)c1C. The molecule has 0 bridgehead atoms. The molecule has 4 rings (SSSR count). The summed E-state index contributed by atoms with van der Waals surface area (Å²) in [5.74, 6) is 1.95. The van der Waals surface area contributed by atoms with Gasteiger partial charge < -0.3 is 14.0 Å². The third-order valence-electron chi connectivity index (χ3n) is 5.32. The zero-order valence-electron chi connectivity index (χ0n) is 14.6. The summed E-state index contributed by atoms with van der Waals surface area (Å²) in [7, 11) is 0. The lowest BCUT2D eigenvalue weighted by atomic mass is 10.1. The van der Waals surface area contributed by atoms with Gasteiger partial charge in [-0.1, -0.05) is 5.16 Å². The molecule has 2 aromatic heterocycles. The van der Waals surface area contributed by atoms with Crippen molar-refractivity contribution in [3.63, 3.8) is 0 Å². The highest BCUT2D eigenvalue weighted by Crippen LogP contribution is 2.40. The summed E-state index contributed by atoms with van der Waals surface area (Å²) >= 11 is 0. The third-order valence-corrected chi connectivity index (χ3v) is 5.32. The minimum absolute atomic E-state index is 0.0570. The van der Waals surface area contributed by atoms with Gasteiger partial charge in [0.25, 0.3) is 5.91 Å². The molecule has 0 N–H and O–H groups in total. The van der Waals surface area contributed by atoms with Crippen molar-refractivity contribution in [1.29, 1.82) is 0 Å². The van der Waals surface area contributed by atoms with Gasteiger partial charge in [0.05, 0.1) is 11.6 Å². The van der Waals surface area contributed by atoms with E-state index in [1.165, 1.54) is 0 Å². The van der Waals surface area contributed by atoms with Crippen molar-refractivity contribution < 1.29 is 9.32 Å². The number of aryl methyl sites for hydroxylation is 1. The van der Waals surface area contributed by atoms with Crippen LogP contribution in [0.5, 0.6) is 0 Å². The van der Waals surface area contributed by atoms with Gasteiger partial charge in [-0.2, -0.15) is 4.98 Å². The second kappa shape index (κ2) is 5.76. The zero-order chi connectivity index (χ0) is 16.8. The normalized spacial score (nSPS) is 20.8. The van der Waals surface area contributed by atoms with Crippen molar-refractivity contribution in [1.82, 2.24) is 19.6 Å². The van der Waals surface area contributed by atoms with Crippen molar-refractivity contribution in [3.8, 4) is 0 Å². The summed E-state index contributed by atoms with van der Waals surface area (Å²) < 4.78 is 7.57. The number of carbonyl (C=O) groups is 1. The van der Waals surface area contributed by atoms with Crippen LogP contribution in [0, 0.1) is 13.8 Å². The second-order valence-electron chi connectivity index (χ2n) is 6.95. The van der Waals surface area contributed by atoms with Crippen LogP contribution in [0.25, 0.3) is 0 Å². The minimum atomic E-state index is -0.0570. The summed E-state index contributed by atoms with van der Waals surface area (Å²) in [4.78, 5) is 19.6. The van der Waals surface area contributed by atoms with Gasteiger partial charge in [0.2, 0.25) is 5.89 Å². The van der Waals surface area contributed by atoms with Crippen molar-refractivity contribution in [3.05, 3.63) is 34.7 Å². The number of aromatic nitrogens is 3. The molecule has 2 aromatic rings. The highest BCUT2D eigenvalue weighted by molar-refractivity contribution is 5.96. The van der Waals surface area contributed by atoms with Crippen LogP contribution in [0.1, 0.15) is 78.0 Å². The van der Waals surface area contributed by atoms with Gasteiger partial charge >= 0.3 is 0 Å². The average Bonchev–Trinajstić information content (AvgIpc) is 3.00. The van der Waals surface area contributed by atoms with Crippen LogP contribution in [0.3, 0.4) is 0 Å². The van der Waals surface area contributed by atoms with E-state index in [9.17, 15) is 4.79 Å². The number of hydrogen-bond donors (Lipinski definition) is 0. The largest absolute Gasteiger partial charge is 0.349 e. The molecule has 6 heteroatoms. The second-order valence-corrected chi connectivity index (χ2v) is 6.95. The molecule has 24 heavy (non-hydrogen) atoms. The molecule has 1 aliphatic carbocycles. The Balaban J connectivity index is 1.60. The van der Waals surface area contributed by atoms with Crippen LogP contribution in [0.4, 0.5) is 0 Å². The van der Waals surface area contributed by atoms with E-state index in [2.05, 4.69) is 28.6 Å². The Morgan fingerprint density at radius 1 is 1.33 bits per heavy atom. The Bertz CT molecular complexity index is 772. The monoisotopic (exact) mass is 328 g/mol. The van der Waals surface area contributed by atoms with E-state index in [-0.39, 0.29) is 11.9 Å². The lowest BCUT2D eigenvalue weighted by Crippen LogP contribution is -2.31. The first-order chi connectivity index (χ1) is 11.6. The van der Waals surface area contributed by atoms with E-state index in [4.69, 9.17) is 4.52 Å². The summed E-state index contributed by atoms with van der Waals surface area (Å²) in [5.41, 5.74) is 2.97. The molecule has 1 aliphatic heterocycles. The quantitative estimate of drug-likeness (QED) is 0.863. The molecule has 2 aliphatic rings. The predicted molar refractivity (Wildman–Crippen MR) is 88.9 cm³/mol. The molecule has 1 saturated heterocycles. The molecule has 0 spiro atoms. The minimum Gasteiger partial charge on any atom is -0.349 e. The Hall–Kier alpha value is -2.11. The van der Waals surface area contributed by atoms with Gasteiger partial charge in [0, 0.05) is 30.4 Å². The third kappa shape index (κ3) is 2.44. The summed E-state index contributed by atoms with van der Waals surface area (Å²) in [6.45, 7) is 7.81. The topological polar surface area (TPSA) is 64.2 Å². The fraction of sp³-hybridized carbons (Fsp3) is 0.611. The average molecular weight is 328 g/mol. The van der Waals surface area contributed by atoms with E-state index in [0.717, 1.165) is 61.6 Å². The van der Waals surface area contributed by atoms with Crippen LogP contribution in [0.2, 0.25) is 0 Å². The van der Waals surface area contributed by atoms with Crippen molar-refractivity contribution in [2.45, 2.75) is 65.0 Å². The molecular formula is C18H24N4O2. The van der Waals surface area contributed by atoms with Crippen molar-refractivity contribution in [2.24, 2.45) is 0 Å². The number of hydrogen-bond acceptors (Lipinski definition) is 4. The first kappa shape index (κ1) is 15.4. The van der Waals surface area contributed by atoms with E-state index in [1.54, 1.807) is 0 Å². The number of rotatable bonds is 4. The molecule has 3 heterocycles. The maximum absolute atomic E-state index is 13.1. The van der Waals surface area contributed by atoms with Gasteiger partial charge in [-0.3, -0.25) is 4.79 Å². The lowest BCUT2D eigenvalue weighted by Gasteiger charge is -2.22. The maximum Gasteiger partial charge on any atom is 0.256 e. The molecule has 0 aromatic carbocycles. The van der Waals surface area contributed by atoms with Gasteiger partial charge in [-0.15, -0.1) is 0 Å². The smallest absolute Gasteiger partial charge is 0.256 e. The van der Waals surface area contributed by atoms with Gasteiger partial charge in [0.1, 0.15) is 0 Å². The van der Waals surface area contributed by atoms with Crippen LogP contribution in [-0.4, -0.2) is 32.1 Å². The molecule has 6 nitrogen and oxygen atoms in total. The molecular weight excluding hydrogens is 304 g/mol. The van der Waals surface area contributed by atoms with Gasteiger partial charge in [-0.25, -0.2) is 0 Å². The first-order valence-corrected chi connectivity index (χ1v) is 8.91. The lowest BCUT2D eigenvalue weighted by molar-refractivity contribution is 0.0727. The molecule has 0 unspecified atom stereocenters. The highest BCUT2D eigenvalue weighted by Gasteiger charge is 2.37. The standard InChI is InChI=1S/C18H24N4O2/c1-4-21-11(2)10-14(12(21)3)18(23)22-9-5-6-15(22)16-19-17(24-20-16)13-7-8-13/h10,13,15H,4-9H2,1-3H3/t15-/m0/s1. The van der Waals surface area contributed by atoms with E-state index in [1.807, 2.05) is 17.9 Å². The predicted octanol–water partition coefficient (Wildman–Crippen LogP) is 3.36. The molecule has 0 radical (unpaired) electrons. The molecule has 2 fully saturated rings. The molecule has 1 amide bonds. The number of carbonyl (C=O) groups excluding carboxylic acids is 1.